The minimum atomic E-state index is -0.200. The highest BCUT2D eigenvalue weighted by Crippen LogP contribution is 2.32. The number of rotatable bonds is 4. The quantitative estimate of drug-likeness (QED) is 0.688. The van der Waals surface area contributed by atoms with E-state index in [1.54, 1.807) is 0 Å². The van der Waals surface area contributed by atoms with Crippen molar-refractivity contribution in [2.75, 3.05) is 6.61 Å². The van der Waals surface area contributed by atoms with Crippen LogP contribution in [0.2, 0.25) is 5.02 Å². The molecule has 2 aromatic carbocycles. The highest BCUT2D eigenvalue weighted by molar-refractivity contribution is 6.31. The van der Waals surface area contributed by atoms with Crippen LogP contribution in [-0.2, 0) is 0 Å². The van der Waals surface area contributed by atoms with E-state index in [1.165, 1.54) is 0 Å². The number of alkyl halides is 1. The summed E-state index contributed by atoms with van der Waals surface area (Å²) < 4.78 is 5.42. The molecule has 0 aromatic heterocycles. The predicted molar refractivity (Wildman–Crippen MR) is 81.5 cm³/mol. The number of hydrogen-bond donors (Lipinski definition) is 0. The number of benzene rings is 2. The van der Waals surface area contributed by atoms with Gasteiger partial charge in [0.15, 0.2) is 0 Å². The molecule has 1 atom stereocenters. The lowest BCUT2D eigenvalue weighted by molar-refractivity contribution is 0.340. The van der Waals surface area contributed by atoms with Crippen LogP contribution < -0.4 is 4.74 Å². The smallest absolute Gasteiger partial charge is 0.119 e. The summed E-state index contributed by atoms with van der Waals surface area (Å²) in [5.41, 5.74) is 3.09. The fourth-order valence-corrected chi connectivity index (χ4v) is 2.33. The van der Waals surface area contributed by atoms with Gasteiger partial charge in [-0.2, -0.15) is 0 Å². The van der Waals surface area contributed by atoms with E-state index in [-0.39, 0.29) is 5.38 Å². The highest BCUT2D eigenvalue weighted by Gasteiger charge is 2.12. The van der Waals surface area contributed by atoms with Crippen molar-refractivity contribution >= 4 is 23.2 Å². The normalized spacial score (nSPS) is 12.2. The van der Waals surface area contributed by atoms with Gasteiger partial charge in [0.05, 0.1) is 12.0 Å². The average Bonchev–Trinajstić information content (AvgIpc) is 2.42. The maximum Gasteiger partial charge on any atom is 0.119 e. The van der Waals surface area contributed by atoms with Crippen molar-refractivity contribution in [2.45, 2.75) is 19.2 Å². The van der Waals surface area contributed by atoms with Crippen molar-refractivity contribution < 1.29 is 4.74 Å². The van der Waals surface area contributed by atoms with Crippen LogP contribution >= 0.6 is 23.2 Å². The Morgan fingerprint density at radius 1 is 1.05 bits per heavy atom. The molecule has 0 radical (unpaired) electrons. The second-order valence-electron chi connectivity index (χ2n) is 4.37. The van der Waals surface area contributed by atoms with E-state index in [9.17, 15) is 0 Å². The van der Waals surface area contributed by atoms with Gasteiger partial charge in [0.2, 0.25) is 0 Å². The van der Waals surface area contributed by atoms with Gasteiger partial charge < -0.3 is 4.74 Å². The molecular formula is C16H16Cl2O. The summed E-state index contributed by atoms with van der Waals surface area (Å²) in [5.74, 6) is 0.858. The summed E-state index contributed by atoms with van der Waals surface area (Å²) in [7, 11) is 0. The third-order valence-electron chi connectivity index (χ3n) is 2.97. The molecule has 0 aliphatic carbocycles. The van der Waals surface area contributed by atoms with Crippen LogP contribution in [0.4, 0.5) is 0 Å². The molecule has 1 nitrogen and oxygen atoms in total. The molecule has 0 aliphatic heterocycles. The van der Waals surface area contributed by atoms with Crippen LogP contribution in [0.15, 0.2) is 42.5 Å². The van der Waals surface area contributed by atoms with Crippen molar-refractivity contribution in [3.05, 3.63) is 64.2 Å². The third-order valence-corrected chi connectivity index (χ3v) is 3.88. The molecule has 0 bridgehead atoms. The summed E-state index contributed by atoms with van der Waals surface area (Å²) in [6.45, 7) is 4.61. The zero-order valence-electron chi connectivity index (χ0n) is 11.0. The Morgan fingerprint density at radius 2 is 1.68 bits per heavy atom. The number of hydrogen-bond acceptors (Lipinski definition) is 1. The summed E-state index contributed by atoms with van der Waals surface area (Å²) in [4.78, 5) is 0. The minimum absolute atomic E-state index is 0.200. The minimum Gasteiger partial charge on any atom is -0.494 e. The monoisotopic (exact) mass is 294 g/mol. The lowest BCUT2D eigenvalue weighted by atomic mass is 10.0. The Labute approximate surface area is 124 Å². The molecule has 2 rings (SSSR count). The lowest BCUT2D eigenvalue weighted by Crippen LogP contribution is -1.95. The van der Waals surface area contributed by atoms with Gasteiger partial charge in [-0.05, 0) is 48.7 Å². The van der Waals surface area contributed by atoms with Crippen LogP contribution in [0.3, 0.4) is 0 Å². The topological polar surface area (TPSA) is 9.23 Å². The van der Waals surface area contributed by atoms with Crippen molar-refractivity contribution in [1.82, 2.24) is 0 Å². The van der Waals surface area contributed by atoms with Crippen molar-refractivity contribution in [3.63, 3.8) is 0 Å². The molecule has 0 fully saturated rings. The lowest BCUT2D eigenvalue weighted by Gasteiger charge is -2.12. The van der Waals surface area contributed by atoms with Crippen LogP contribution in [0.1, 0.15) is 29.0 Å². The Balaban J connectivity index is 2.22. The molecule has 1 unspecified atom stereocenters. The van der Waals surface area contributed by atoms with E-state index in [1.807, 2.05) is 56.3 Å². The second kappa shape index (κ2) is 6.31. The van der Waals surface area contributed by atoms with E-state index >= 15 is 0 Å². The first kappa shape index (κ1) is 14.2. The third kappa shape index (κ3) is 3.43. The van der Waals surface area contributed by atoms with Crippen LogP contribution in [0, 0.1) is 6.92 Å². The summed E-state index contributed by atoms with van der Waals surface area (Å²) in [5, 5.41) is 0.544. The van der Waals surface area contributed by atoms with Gasteiger partial charge in [0.25, 0.3) is 0 Å². The summed E-state index contributed by atoms with van der Waals surface area (Å²) >= 11 is 12.6. The van der Waals surface area contributed by atoms with Gasteiger partial charge in [0.1, 0.15) is 5.75 Å². The molecule has 2 aromatic rings. The zero-order chi connectivity index (χ0) is 13.8. The summed E-state index contributed by atoms with van der Waals surface area (Å²) in [6.07, 6.45) is 0. The molecule has 0 heterocycles. The van der Waals surface area contributed by atoms with Crippen LogP contribution in [0.5, 0.6) is 5.75 Å². The Morgan fingerprint density at radius 3 is 2.26 bits per heavy atom. The average molecular weight is 295 g/mol. The summed E-state index contributed by atoms with van der Waals surface area (Å²) in [6, 6.07) is 13.8. The van der Waals surface area contributed by atoms with Gasteiger partial charge in [-0.3, -0.25) is 0 Å². The van der Waals surface area contributed by atoms with Gasteiger partial charge in [-0.1, -0.05) is 35.9 Å². The molecule has 0 amide bonds. The van der Waals surface area contributed by atoms with E-state index in [4.69, 9.17) is 27.9 Å². The first-order valence-electron chi connectivity index (χ1n) is 6.24. The number of halogens is 2. The molecule has 0 spiro atoms. The SMILES string of the molecule is CCOc1ccc(C(Cl)c2ccc(C)c(Cl)c2)cc1. The van der Waals surface area contributed by atoms with E-state index in [0.29, 0.717) is 6.61 Å². The van der Waals surface area contributed by atoms with Crippen molar-refractivity contribution in [2.24, 2.45) is 0 Å². The Kier molecular flexibility index (Phi) is 4.73. The second-order valence-corrected chi connectivity index (χ2v) is 5.22. The molecule has 0 N–H and O–H groups in total. The van der Waals surface area contributed by atoms with Crippen LogP contribution in [-0.4, -0.2) is 6.61 Å². The standard InChI is InChI=1S/C16H16Cl2O/c1-3-19-14-8-6-12(7-9-14)16(18)13-5-4-11(2)15(17)10-13/h4-10,16H,3H2,1-2H3. The Bertz CT molecular complexity index is 549. The zero-order valence-corrected chi connectivity index (χ0v) is 12.5. The molecule has 3 heteroatoms. The van der Waals surface area contributed by atoms with Crippen molar-refractivity contribution in [3.8, 4) is 5.75 Å². The number of aryl methyl sites for hydroxylation is 1. The Hall–Kier alpha value is -1.18. The van der Waals surface area contributed by atoms with E-state index in [0.717, 1.165) is 27.5 Å². The molecule has 19 heavy (non-hydrogen) atoms. The van der Waals surface area contributed by atoms with E-state index in [2.05, 4.69) is 0 Å². The molecule has 0 saturated carbocycles. The maximum absolute atomic E-state index is 6.49. The highest BCUT2D eigenvalue weighted by atomic mass is 35.5. The van der Waals surface area contributed by atoms with Gasteiger partial charge in [-0.15, -0.1) is 11.6 Å². The van der Waals surface area contributed by atoms with Gasteiger partial charge >= 0.3 is 0 Å². The first-order valence-corrected chi connectivity index (χ1v) is 7.06. The molecular weight excluding hydrogens is 279 g/mol. The predicted octanol–water partition coefficient (Wildman–Crippen LogP) is 5.38. The molecule has 0 saturated heterocycles. The van der Waals surface area contributed by atoms with Crippen LogP contribution in [0.25, 0.3) is 0 Å². The number of ether oxygens (including phenoxy) is 1. The fraction of sp³-hybridized carbons (Fsp3) is 0.250. The van der Waals surface area contributed by atoms with Gasteiger partial charge in [0, 0.05) is 5.02 Å². The first-order chi connectivity index (χ1) is 9.11. The fourth-order valence-electron chi connectivity index (χ4n) is 1.86. The largest absolute Gasteiger partial charge is 0.494 e. The maximum atomic E-state index is 6.49. The molecule has 100 valence electrons. The molecule has 0 aliphatic rings. The van der Waals surface area contributed by atoms with E-state index < -0.39 is 0 Å². The van der Waals surface area contributed by atoms with Gasteiger partial charge in [-0.25, -0.2) is 0 Å². The van der Waals surface area contributed by atoms with Crippen molar-refractivity contribution in [1.29, 1.82) is 0 Å².